The molecule has 3 rings (SSSR count). The van der Waals surface area contributed by atoms with Gasteiger partial charge in [0.2, 0.25) is 5.91 Å². The highest BCUT2D eigenvalue weighted by atomic mass is 16.5. The lowest BCUT2D eigenvalue weighted by Crippen LogP contribution is -2.60. The van der Waals surface area contributed by atoms with E-state index in [-0.39, 0.29) is 36.8 Å². The van der Waals surface area contributed by atoms with Crippen LogP contribution in [0.1, 0.15) is 30.1 Å². The van der Waals surface area contributed by atoms with Crippen molar-refractivity contribution >= 4 is 11.8 Å². The van der Waals surface area contributed by atoms with Crippen LogP contribution in [-0.4, -0.2) is 77.9 Å². The molecule has 0 radical (unpaired) electrons. The molecule has 132 valence electrons. The minimum atomic E-state index is -0.705. The Bertz CT molecular complexity index is 629. The summed E-state index contributed by atoms with van der Waals surface area (Å²) in [5, 5.41) is 3.80. The van der Waals surface area contributed by atoms with E-state index in [0.717, 1.165) is 0 Å². The molecule has 2 saturated heterocycles. The molecule has 24 heavy (non-hydrogen) atoms. The number of hydrogen-bond acceptors (Lipinski definition) is 6. The van der Waals surface area contributed by atoms with Crippen LogP contribution in [-0.2, 0) is 14.3 Å². The fourth-order valence-electron chi connectivity index (χ4n) is 3.15. The average molecular weight is 337 g/mol. The van der Waals surface area contributed by atoms with Crippen LogP contribution in [0.2, 0.25) is 0 Å². The molecule has 0 aromatic carbocycles. The summed E-state index contributed by atoms with van der Waals surface area (Å²) in [6.07, 6.45) is 0. The van der Waals surface area contributed by atoms with Crippen LogP contribution < -0.4 is 0 Å². The number of carbonyl (C=O) groups is 2. The van der Waals surface area contributed by atoms with Crippen LogP contribution in [0.3, 0.4) is 0 Å². The average Bonchev–Trinajstić information content (AvgIpc) is 2.91. The summed E-state index contributed by atoms with van der Waals surface area (Å²) in [4.78, 5) is 28.2. The quantitative estimate of drug-likeness (QED) is 0.779. The maximum absolute atomic E-state index is 12.6. The van der Waals surface area contributed by atoms with Gasteiger partial charge in [-0.2, -0.15) is 0 Å². The van der Waals surface area contributed by atoms with E-state index >= 15 is 0 Å². The number of hydrogen-bond donors (Lipinski definition) is 0. The molecule has 1 atom stereocenters. The van der Waals surface area contributed by atoms with Crippen LogP contribution in [0.25, 0.3) is 0 Å². The molecule has 2 aliphatic heterocycles. The van der Waals surface area contributed by atoms with E-state index in [9.17, 15) is 9.59 Å². The SMILES string of the molecule is Cc1cc(C(=O)N2CCOC3(COCC(=O)N(C(C)C)C3)C2)no1. The van der Waals surface area contributed by atoms with E-state index in [1.54, 1.807) is 22.8 Å². The fourth-order valence-corrected chi connectivity index (χ4v) is 3.15. The van der Waals surface area contributed by atoms with E-state index in [1.807, 2.05) is 13.8 Å². The summed E-state index contributed by atoms with van der Waals surface area (Å²) in [5.41, 5.74) is -0.417. The van der Waals surface area contributed by atoms with E-state index in [2.05, 4.69) is 5.16 Å². The summed E-state index contributed by atoms with van der Waals surface area (Å²) in [6, 6.07) is 1.67. The molecule has 2 amide bonds. The molecule has 0 aliphatic carbocycles. The number of carbonyl (C=O) groups excluding carboxylic acids is 2. The van der Waals surface area contributed by atoms with Crippen molar-refractivity contribution < 1.29 is 23.6 Å². The predicted octanol–water partition coefficient (Wildman–Crippen LogP) is 0.461. The topological polar surface area (TPSA) is 85.1 Å². The Morgan fingerprint density at radius 1 is 1.38 bits per heavy atom. The molecule has 3 heterocycles. The Balaban J connectivity index is 1.78. The van der Waals surface area contributed by atoms with E-state index < -0.39 is 5.60 Å². The maximum Gasteiger partial charge on any atom is 0.276 e. The monoisotopic (exact) mass is 337 g/mol. The number of amides is 2. The molecule has 1 spiro atoms. The lowest BCUT2D eigenvalue weighted by Gasteiger charge is -2.43. The second kappa shape index (κ2) is 6.52. The standard InChI is InChI=1S/C16H23N3O5/c1-11(2)19-9-16(10-22-7-14(19)20)8-18(4-5-23-16)15(21)13-6-12(3)24-17-13/h6,11H,4-5,7-10H2,1-3H3. The van der Waals surface area contributed by atoms with Crippen molar-refractivity contribution in [3.05, 3.63) is 17.5 Å². The van der Waals surface area contributed by atoms with Gasteiger partial charge in [0.1, 0.15) is 18.0 Å². The van der Waals surface area contributed by atoms with Gasteiger partial charge in [0.15, 0.2) is 5.69 Å². The number of ether oxygens (including phenoxy) is 2. The first-order chi connectivity index (χ1) is 11.4. The molecule has 2 fully saturated rings. The number of rotatable bonds is 2. The first-order valence-electron chi connectivity index (χ1n) is 8.14. The molecule has 0 N–H and O–H groups in total. The largest absolute Gasteiger partial charge is 0.368 e. The molecule has 1 aromatic heterocycles. The highest BCUT2D eigenvalue weighted by Gasteiger charge is 2.44. The summed E-state index contributed by atoms with van der Waals surface area (Å²) in [5.74, 6) is 0.345. The fraction of sp³-hybridized carbons (Fsp3) is 0.688. The number of morpholine rings is 1. The van der Waals surface area contributed by atoms with Gasteiger partial charge in [-0.3, -0.25) is 9.59 Å². The smallest absolute Gasteiger partial charge is 0.276 e. The second-order valence-corrected chi connectivity index (χ2v) is 6.69. The van der Waals surface area contributed by atoms with Gasteiger partial charge in [-0.25, -0.2) is 0 Å². The van der Waals surface area contributed by atoms with Crippen molar-refractivity contribution in [2.45, 2.75) is 32.4 Å². The number of aryl methyl sites for hydroxylation is 1. The normalized spacial score (nSPS) is 25.4. The number of nitrogens with zero attached hydrogens (tertiary/aromatic N) is 3. The Morgan fingerprint density at radius 3 is 2.83 bits per heavy atom. The van der Waals surface area contributed by atoms with Crippen molar-refractivity contribution in [2.75, 3.05) is 39.5 Å². The van der Waals surface area contributed by atoms with Gasteiger partial charge in [0.25, 0.3) is 5.91 Å². The van der Waals surface area contributed by atoms with Crippen LogP contribution in [0, 0.1) is 6.92 Å². The molecular weight excluding hydrogens is 314 g/mol. The van der Waals surface area contributed by atoms with Gasteiger partial charge in [-0.05, 0) is 20.8 Å². The van der Waals surface area contributed by atoms with Gasteiger partial charge in [0, 0.05) is 18.7 Å². The molecule has 1 aromatic rings. The van der Waals surface area contributed by atoms with Gasteiger partial charge >= 0.3 is 0 Å². The van der Waals surface area contributed by atoms with Gasteiger partial charge in [-0.15, -0.1) is 0 Å². The van der Waals surface area contributed by atoms with Crippen molar-refractivity contribution in [2.24, 2.45) is 0 Å². The van der Waals surface area contributed by atoms with E-state index in [4.69, 9.17) is 14.0 Å². The minimum Gasteiger partial charge on any atom is -0.368 e. The molecular formula is C16H23N3O5. The Hall–Kier alpha value is -1.93. The van der Waals surface area contributed by atoms with Crippen molar-refractivity contribution in [3.8, 4) is 0 Å². The summed E-state index contributed by atoms with van der Waals surface area (Å²) >= 11 is 0. The Labute approximate surface area is 140 Å². The summed E-state index contributed by atoms with van der Waals surface area (Å²) in [7, 11) is 0. The Morgan fingerprint density at radius 2 is 2.17 bits per heavy atom. The third-order valence-electron chi connectivity index (χ3n) is 4.38. The molecule has 8 nitrogen and oxygen atoms in total. The van der Waals surface area contributed by atoms with E-state index in [0.29, 0.717) is 32.0 Å². The van der Waals surface area contributed by atoms with Crippen molar-refractivity contribution in [3.63, 3.8) is 0 Å². The highest BCUT2D eigenvalue weighted by molar-refractivity contribution is 5.92. The van der Waals surface area contributed by atoms with Crippen LogP contribution in [0.5, 0.6) is 0 Å². The molecule has 0 saturated carbocycles. The zero-order valence-corrected chi connectivity index (χ0v) is 14.3. The van der Waals surface area contributed by atoms with E-state index in [1.165, 1.54) is 0 Å². The minimum absolute atomic E-state index is 0.0414. The van der Waals surface area contributed by atoms with Gasteiger partial charge < -0.3 is 23.8 Å². The van der Waals surface area contributed by atoms with Crippen molar-refractivity contribution in [1.82, 2.24) is 15.0 Å². The lowest BCUT2D eigenvalue weighted by atomic mass is 10.0. The lowest BCUT2D eigenvalue weighted by molar-refractivity contribution is -0.140. The summed E-state index contributed by atoms with van der Waals surface area (Å²) in [6.45, 7) is 7.62. The molecule has 2 aliphatic rings. The second-order valence-electron chi connectivity index (χ2n) is 6.69. The van der Waals surface area contributed by atoms with Crippen LogP contribution in [0.4, 0.5) is 0 Å². The zero-order chi connectivity index (χ0) is 17.3. The van der Waals surface area contributed by atoms with Crippen molar-refractivity contribution in [1.29, 1.82) is 0 Å². The maximum atomic E-state index is 12.6. The highest BCUT2D eigenvalue weighted by Crippen LogP contribution is 2.25. The van der Waals surface area contributed by atoms with Crippen LogP contribution in [0.15, 0.2) is 10.6 Å². The third-order valence-corrected chi connectivity index (χ3v) is 4.38. The first-order valence-corrected chi connectivity index (χ1v) is 8.14. The third kappa shape index (κ3) is 3.29. The Kier molecular flexibility index (Phi) is 4.60. The van der Waals surface area contributed by atoms with Crippen LogP contribution >= 0.6 is 0 Å². The molecule has 0 bridgehead atoms. The number of aromatic nitrogens is 1. The zero-order valence-electron chi connectivity index (χ0n) is 14.3. The summed E-state index contributed by atoms with van der Waals surface area (Å²) < 4.78 is 16.5. The molecule has 8 heteroatoms. The predicted molar refractivity (Wildman–Crippen MR) is 83.5 cm³/mol. The molecule has 1 unspecified atom stereocenters. The first kappa shape index (κ1) is 16.9. The van der Waals surface area contributed by atoms with Gasteiger partial charge in [-0.1, -0.05) is 5.16 Å². The van der Waals surface area contributed by atoms with Gasteiger partial charge in [0.05, 0.1) is 26.3 Å².